The lowest BCUT2D eigenvalue weighted by molar-refractivity contribution is -0.0240. The molecule has 0 radical (unpaired) electrons. The van der Waals surface area contributed by atoms with Gasteiger partial charge in [-0.2, -0.15) is 11.8 Å². The summed E-state index contributed by atoms with van der Waals surface area (Å²) < 4.78 is 7.60. The number of benzene rings is 1. The Morgan fingerprint density at radius 3 is 2.84 bits per heavy atom. The summed E-state index contributed by atoms with van der Waals surface area (Å²) in [6.45, 7) is 1.30. The first-order valence-electron chi connectivity index (χ1n) is 11.5. The van der Waals surface area contributed by atoms with Crippen molar-refractivity contribution in [3.63, 3.8) is 0 Å². The van der Waals surface area contributed by atoms with Gasteiger partial charge in [0.1, 0.15) is 6.17 Å². The Kier molecular flexibility index (Phi) is 4.95. The number of aromatic nitrogens is 1. The van der Waals surface area contributed by atoms with Crippen LogP contribution in [0.5, 0.6) is 5.75 Å². The second-order valence-electron chi connectivity index (χ2n) is 9.10. The van der Waals surface area contributed by atoms with Crippen molar-refractivity contribution < 1.29 is 14.6 Å². The number of hydrogen-bond donors (Lipinski definition) is 1. The van der Waals surface area contributed by atoms with Crippen LogP contribution in [-0.4, -0.2) is 51.8 Å². The monoisotopic (exact) mass is 453 g/mol. The van der Waals surface area contributed by atoms with Gasteiger partial charge in [0.25, 0.3) is 5.91 Å². The van der Waals surface area contributed by atoms with Gasteiger partial charge in [-0.1, -0.05) is 37.1 Å². The van der Waals surface area contributed by atoms with Gasteiger partial charge in [-0.15, -0.1) is 0 Å². The van der Waals surface area contributed by atoms with Gasteiger partial charge in [0, 0.05) is 29.8 Å². The van der Waals surface area contributed by atoms with Gasteiger partial charge < -0.3 is 14.7 Å². The average molecular weight is 454 g/mol. The van der Waals surface area contributed by atoms with Gasteiger partial charge in [0.2, 0.25) is 5.43 Å². The van der Waals surface area contributed by atoms with Crippen LogP contribution in [0.4, 0.5) is 0 Å². The zero-order valence-electron chi connectivity index (χ0n) is 17.9. The Morgan fingerprint density at radius 2 is 1.94 bits per heavy atom. The molecule has 1 aromatic carbocycles. The summed E-state index contributed by atoms with van der Waals surface area (Å²) in [5, 5.41) is 13.4. The molecule has 1 amide bonds. The molecular weight excluding hydrogens is 426 g/mol. The quantitative estimate of drug-likeness (QED) is 0.716. The molecule has 0 spiro atoms. The number of aromatic hydroxyl groups is 1. The molecule has 1 aliphatic carbocycles. The van der Waals surface area contributed by atoms with Crippen LogP contribution in [0.25, 0.3) is 0 Å². The minimum absolute atomic E-state index is 0.0226. The first-order valence-corrected chi connectivity index (χ1v) is 12.5. The fraction of sp³-hybridized carbons (Fsp3) is 0.500. The lowest BCUT2D eigenvalue weighted by Crippen LogP contribution is -2.67. The summed E-state index contributed by atoms with van der Waals surface area (Å²) >= 11 is 2.05. The molecule has 1 aromatic heterocycles. The van der Waals surface area contributed by atoms with Crippen LogP contribution >= 0.6 is 11.8 Å². The topological polar surface area (TPSA) is 75.0 Å². The van der Waals surface area contributed by atoms with E-state index in [0.29, 0.717) is 30.9 Å². The molecule has 32 heavy (non-hydrogen) atoms. The number of fused-ring (bicyclic) bond motifs is 4. The van der Waals surface area contributed by atoms with E-state index >= 15 is 0 Å². The molecule has 168 valence electrons. The van der Waals surface area contributed by atoms with E-state index in [0.717, 1.165) is 12.2 Å². The second-order valence-corrected chi connectivity index (χ2v) is 10.3. The van der Waals surface area contributed by atoms with Gasteiger partial charge in [0.05, 0.1) is 19.3 Å². The van der Waals surface area contributed by atoms with E-state index in [-0.39, 0.29) is 23.8 Å². The third-order valence-corrected chi connectivity index (χ3v) is 8.94. The highest BCUT2D eigenvalue weighted by molar-refractivity contribution is 7.99. The summed E-state index contributed by atoms with van der Waals surface area (Å²) in [6.07, 6.45) is 6.13. The SMILES string of the molecule is O=C1c2c(O)c(=O)ccn2N([C@H]2c3ccccc3CSC3CCCCC32)[C@@H]2COCCN12. The van der Waals surface area contributed by atoms with Crippen molar-refractivity contribution in [2.45, 2.75) is 48.9 Å². The predicted octanol–water partition coefficient (Wildman–Crippen LogP) is 2.85. The maximum Gasteiger partial charge on any atom is 0.278 e. The fourth-order valence-electron chi connectivity index (χ4n) is 5.97. The van der Waals surface area contributed by atoms with E-state index in [1.54, 1.807) is 15.8 Å². The molecule has 6 rings (SSSR count). The number of ether oxygens (including phenoxy) is 1. The van der Waals surface area contributed by atoms with Crippen molar-refractivity contribution >= 4 is 17.7 Å². The molecule has 8 heteroatoms. The van der Waals surface area contributed by atoms with E-state index in [1.807, 2.05) is 11.8 Å². The van der Waals surface area contributed by atoms with Crippen LogP contribution < -0.4 is 10.4 Å². The van der Waals surface area contributed by atoms with Gasteiger partial charge in [0.15, 0.2) is 11.4 Å². The summed E-state index contributed by atoms with van der Waals surface area (Å²) in [5.41, 5.74) is 2.14. The van der Waals surface area contributed by atoms with Crippen molar-refractivity contribution in [2.24, 2.45) is 5.92 Å². The molecule has 1 N–H and O–H groups in total. The molecule has 1 saturated carbocycles. The maximum atomic E-state index is 13.4. The third-order valence-electron chi connectivity index (χ3n) is 7.45. The molecular formula is C24H27N3O4S. The Hall–Kier alpha value is -2.45. The van der Waals surface area contributed by atoms with Crippen LogP contribution in [0, 0.1) is 5.92 Å². The number of amides is 1. The van der Waals surface area contributed by atoms with E-state index in [2.05, 4.69) is 29.3 Å². The summed E-state index contributed by atoms with van der Waals surface area (Å²) in [5.74, 6) is 0.613. The number of carbonyl (C=O) groups excluding carboxylic acids is 1. The Labute approximate surface area is 190 Å². The Bertz CT molecular complexity index is 1120. The van der Waals surface area contributed by atoms with Gasteiger partial charge in [-0.3, -0.25) is 19.3 Å². The van der Waals surface area contributed by atoms with E-state index in [9.17, 15) is 14.7 Å². The van der Waals surface area contributed by atoms with E-state index in [4.69, 9.17) is 4.74 Å². The molecule has 2 unspecified atom stereocenters. The number of hydrogen-bond acceptors (Lipinski definition) is 6. The lowest BCUT2D eigenvalue weighted by Gasteiger charge is -2.53. The molecule has 4 atom stereocenters. The highest BCUT2D eigenvalue weighted by atomic mass is 32.2. The molecule has 2 aromatic rings. The van der Waals surface area contributed by atoms with Crippen molar-refractivity contribution in [2.75, 3.05) is 24.8 Å². The van der Waals surface area contributed by atoms with Crippen molar-refractivity contribution in [1.29, 1.82) is 0 Å². The number of pyridine rings is 1. The van der Waals surface area contributed by atoms with Crippen LogP contribution in [-0.2, 0) is 10.5 Å². The molecule has 3 aliphatic heterocycles. The van der Waals surface area contributed by atoms with E-state index in [1.165, 1.54) is 36.5 Å². The van der Waals surface area contributed by atoms with Crippen LogP contribution in [0.3, 0.4) is 0 Å². The highest BCUT2D eigenvalue weighted by Crippen LogP contribution is 2.49. The Morgan fingerprint density at radius 1 is 1.09 bits per heavy atom. The average Bonchev–Trinajstić information content (AvgIpc) is 2.99. The van der Waals surface area contributed by atoms with Crippen molar-refractivity contribution in [3.8, 4) is 5.75 Å². The molecule has 4 aliphatic rings. The highest BCUT2D eigenvalue weighted by Gasteiger charge is 2.48. The minimum Gasteiger partial charge on any atom is -0.502 e. The number of morpholine rings is 1. The summed E-state index contributed by atoms with van der Waals surface area (Å²) in [4.78, 5) is 27.4. The van der Waals surface area contributed by atoms with Gasteiger partial charge >= 0.3 is 0 Å². The lowest BCUT2D eigenvalue weighted by atomic mass is 9.79. The largest absolute Gasteiger partial charge is 0.502 e. The van der Waals surface area contributed by atoms with Gasteiger partial charge in [-0.05, 0) is 29.9 Å². The van der Waals surface area contributed by atoms with Crippen molar-refractivity contribution in [1.82, 2.24) is 9.58 Å². The number of nitrogens with zero attached hydrogens (tertiary/aromatic N) is 3. The van der Waals surface area contributed by atoms with Crippen molar-refractivity contribution in [3.05, 3.63) is 63.6 Å². The van der Waals surface area contributed by atoms with Crippen LogP contribution in [0.15, 0.2) is 41.3 Å². The fourth-order valence-corrected chi connectivity index (χ4v) is 7.49. The van der Waals surface area contributed by atoms with Gasteiger partial charge in [-0.25, -0.2) is 0 Å². The first kappa shape index (κ1) is 20.2. The molecule has 7 nitrogen and oxygen atoms in total. The summed E-state index contributed by atoms with van der Waals surface area (Å²) in [6, 6.07) is 9.99. The van der Waals surface area contributed by atoms with Crippen LogP contribution in [0.1, 0.15) is 53.3 Å². The first-order chi connectivity index (χ1) is 15.6. The normalized spacial score (nSPS) is 29.4. The summed E-state index contributed by atoms with van der Waals surface area (Å²) in [7, 11) is 0. The Balaban J connectivity index is 1.59. The van der Waals surface area contributed by atoms with E-state index < -0.39 is 11.2 Å². The zero-order valence-corrected chi connectivity index (χ0v) is 18.7. The molecule has 0 bridgehead atoms. The standard InChI is InChI=1S/C24H27N3O4S/c28-18-9-10-26-22(23(18)29)24(30)25-11-12-31-13-20(25)27(26)21-16-6-2-1-5-15(16)14-32-19-8-4-3-7-17(19)21/h1-2,5-6,9-10,17,19-21,29H,3-4,7-8,11-14H2/t17?,19?,20-,21+/m1/s1. The minimum atomic E-state index is -0.524. The number of carbonyl (C=O) groups is 1. The molecule has 1 saturated heterocycles. The number of thioether (sulfide) groups is 1. The second kappa shape index (κ2) is 7.85. The zero-order chi connectivity index (χ0) is 21.8. The van der Waals surface area contributed by atoms with Crippen LogP contribution in [0.2, 0.25) is 0 Å². The predicted molar refractivity (Wildman–Crippen MR) is 122 cm³/mol. The maximum absolute atomic E-state index is 13.4. The molecule has 4 heterocycles. The third kappa shape index (κ3) is 2.99. The molecule has 2 fully saturated rings. The number of rotatable bonds is 1. The smallest absolute Gasteiger partial charge is 0.278 e.